The Balaban J connectivity index is 1.87. The van der Waals surface area contributed by atoms with E-state index >= 15 is 0 Å². The molecular formula is C14H17ClN2O3. The minimum Gasteiger partial charge on any atom is -0.453 e. The van der Waals surface area contributed by atoms with E-state index in [1.807, 2.05) is 0 Å². The van der Waals surface area contributed by atoms with Crippen molar-refractivity contribution in [2.24, 2.45) is 5.92 Å². The molecule has 0 radical (unpaired) electrons. The third-order valence-electron chi connectivity index (χ3n) is 3.39. The highest BCUT2D eigenvalue weighted by atomic mass is 35.5. The molecule has 1 saturated heterocycles. The zero-order valence-corrected chi connectivity index (χ0v) is 12.0. The highest BCUT2D eigenvalue weighted by Crippen LogP contribution is 2.21. The third-order valence-corrected chi connectivity index (χ3v) is 3.63. The number of nitrogens with zero attached hydrogens (tertiary/aromatic N) is 1. The number of anilines is 1. The maximum atomic E-state index is 12.1. The highest BCUT2D eigenvalue weighted by molar-refractivity contribution is 6.30. The summed E-state index contributed by atoms with van der Waals surface area (Å²) < 4.78 is 4.67. The van der Waals surface area contributed by atoms with Crippen LogP contribution >= 0.6 is 11.6 Å². The monoisotopic (exact) mass is 296 g/mol. The van der Waals surface area contributed by atoms with E-state index < -0.39 is 0 Å². The summed E-state index contributed by atoms with van der Waals surface area (Å²) >= 11 is 5.87. The molecule has 108 valence electrons. The van der Waals surface area contributed by atoms with Gasteiger partial charge in [-0.1, -0.05) is 17.7 Å². The Labute approximate surface area is 122 Å². The molecule has 20 heavy (non-hydrogen) atoms. The Hall–Kier alpha value is -1.75. The molecule has 0 saturated carbocycles. The minimum atomic E-state index is -0.335. The van der Waals surface area contributed by atoms with E-state index in [1.54, 1.807) is 29.2 Å². The van der Waals surface area contributed by atoms with Crippen molar-refractivity contribution in [3.05, 3.63) is 29.3 Å². The molecule has 0 atom stereocenters. The Bertz CT molecular complexity index is 499. The van der Waals surface area contributed by atoms with E-state index in [2.05, 4.69) is 10.1 Å². The lowest BCUT2D eigenvalue weighted by molar-refractivity contribution is -0.121. The number of benzene rings is 1. The van der Waals surface area contributed by atoms with Gasteiger partial charge in [0.05, 0.1) is 7.11 Å². The standard InChI is InChI=1S/C14H17ClN2O3/c1-20-14(19)17-7-5-10(6-8-17)13(18)16-12-4-2-3-11(15)9-12/h2-4,9-10H,5-8H2,1H3,(H,16,18). The molecule has 2 amide bonds. The molecule has 1 fully saturated rings. The molecule has 0 bridgehead atoms. The quantitative estimate of drug-likeness (QED) is 0.913. The van der Waals surface area contributed by atoms with E-state index in [1.165, 1.54) is 7.11 Å². The van der Waals surface area contributed by atoms with Gasteiger partial charge in [0.1, 0.15) is 0 Å². The number of likely N-dealkylation sites (tertiary alicyclic amines) is 1. The van der Waals surface area contributed by atoms with Gasteiger partial charge < -0.3 is 15.0 Å². The van der Waals surface area contributed by atoms with Gasteiger partial charge in [-0.2, -0.15) is 0 Å². The number of piperidine rings is 1. The van der Waals surface area contributed by atoms with Gasteiger partial charge in [-0.15, -0.1) is 0 Å². The average Bonchev–Trinajstić information content (AvgIpc) is 2.46. The predicted molar refractivity (Wildman–Crippen MR) is 76.8 cm³/mol. The van der Waals surface area contributed by atoms with Crippen LogP contribution in [-0.4, -0.2) is 37.1 Å². The first-order valence-electron chi connectivity index (χ1n) is 6.49. The lowest BCUT2D eigenvalue weighted by atomic mass is 9.96. The van der Waals surface area contributed by atoms with Gasteiger partial charge >= 0.3 is 6.09 Å². The number of nitrogens with one attached hydrogen (secondary N) is 1. The smallest absolute Gasteiger partial charge is 0.409 e. The van der Waals surface area contributed by atoms with Crippen molar-refractivity contribution in [1.82, 2.24) is 4.90 Å². The molecule has 1 aromatic rings. The summed E-state index contributed by atoms with van der Waals surface area (Å²) in [4.78, 5) is 25.1. The lowest BCUT2D eigenvalue weighted by Gasteiger charge is -2.30. The van der Waals surface area contributed by atoms with E-state index in [-0.39, 0.29) is 17.9 Å². The molecule has 6 heteroatoms. The number of ether oxygens (including phenoxy) is 1. The molecule has 0 aliphatic carbocycles. The minimum absolute atomic E-state index is 0.0308. The number of amides is 2. The summed E-state index contributed by atoms with van der Waals surface area (Å²) in [6.45, 7) is 1.08. The Kier molecular flexibility index (Phi) is 4.84. The van der Waals surface area contributed by atoms with Crippen LogP contribution in [0.25, 0.3) is 0 Å². The van der Waals surface area contributed by atoms with Crippen molar-refractivity contribution < 1.29 is 14.3 Å². The Morgan fingerprint density at radius 3 is 2.65 bits per heavy atom. The molecule has 1 heterocycles. The molecule has 1 aliphatic rings. The summed E-state index contributed by atoms with van der Waals surface area (Å²) in [5, 5.41) is 3.44. The van der Waals surface area contributed by atoms with Crippen molar-refractivity contribution in [3.8, 4) is 0 Å². The number of hydrogen-bond donors (Lipinski definition) is 1. The number of hydrogen-bond acceptors (Lipinski definition) is 3. The first kappa shape index (κ1) is 14.7. The summed E-state index contributed by atoms with van der Waals surface area (Å²) in [6.07, 6.45) is 0.946. The van der Waals surface area contributed by atoms with Gasteiger partial charge in [-0.25, -0.2) is 4.79 Å². The number of methoxy groups -OCH3 is 1. The van der Waals surface area contributed by atoms with E-state index in [9.17, 15) is 9.59 Å². The first-order valence-corrected chi connectivity index (χ1v) is 6.87. The zero-order chi connectivity index (χ0) is 14.5. The normalized spacial score (nSPS) is 15.8. The van der Waals surface area contributed by atoms with Crippen LogP contribution in [0.5, 0.6) is 0 Å². The highest BCUT2D eigenvalue weighted by Gasteiger charge is 2.27. The van der Waals surface area contributed by atoms with Crippen molar-refractivity contribution in [2.75, 3.05) is 25.5 Å². The molecule has 0 unspecified atom stereocenters. The average molecular weight is 297 g/mol. The fourth-order valence-electron chi connectivity index (χ4n) is 2.26. The van der Waals surface area contributed by atoms with Crippen LogP contribution in [0, 0.1) is 5.92 Å². The van der Waals surface area contributed by atoms with E-state index in [4.69, 9.17) is 11.6 Å². The summed E-state index contributed by atoms with van der Waals surface area (Å²) in [5.74, 6) is -0.119. The number of carbonyl (C=O) groups excluding carboxylic acids is 2. The fourth-order valence-corrected chi connectivity index (χ4v) is 2.45. The molecule has 1 aliphatic heterocycles. The Morgan fingerprint density at radius 1 is 1.35 bits per heavy atom. The second-order valence-electron chi connectivity index (χ2n) is 4.73. The topological polar surface area (TPSA) is 58.6 Å². The largest absolute Gasteiger partial charge is 0.453 e. The molecule has 1 aromatic carbocycles. The summed E-state index contributed by atoms with van der Waals surface area (Å²) in [7, 11) is 1.36. The maximum Gasteiger partial charge on any atom is 0.409 e. The molecule has 1 N–H and O–H groups in total. The maximum absolute atomic E-state index is 12.1. The van der Waals surface area contributed by atoms with Crippen molar-refractivity contribution in [2.45, 2.75) is 12.8 Å². The van der Waals surface area contributed by atoms with Crippen LogP contribution in [0.15, 0.2) is 24.3 Å². The van der Waals surface area contributed by atoms with Gasteiger partial charge in [-0.05, 0) is 31.0 Å². The molecule has 0 spiro atoms. The molecule has 0 aromatic heterocycles. The van der Waals surface area contributed by atoms with Gasteiger partial charge in [0, 0.05) is 29.7 Å². The fraction of sp³-hybridized carbons (Fsp3) is 0.429. The second kappa shape index (κ2) is 6.61. The summed E-state index contributed by atoms with van der Waals surface area (Å²) in [6, 6.07) is 7.06. The molecular weight excluding hydrogens is 280 g/mol. The van der Waals surface area contributed by atoms with Crippen LogP contribution in [-0.2, 0) is 9.53 Å². The molecule has 2 rings (SSSR count). The predicted octanol–water partition coefficient (Wildman–Crippen LogP) is 2.76. The third kappa shape index (κ3) is 3.63. The van der Waals surface area contributed by atoms with Crippen LogP contribution < -0.4 is 5.32 Å². The Morgan fingerprint density at radius 2 is 2.05 bits per heavy atom. The van der Waals surface area contributed by atoms with Crippen molar-refractivity contribution >= 4 is 29.3 Å². The van der Waals surface area contributed by atoms with Crippen LogP contribution in [0.2, 0.25) is 5.02 Å². The van der Waals surface area contributed by atoms with Gasteiger partial charge in [-0.3, -0.25) is 4.79 Å². The van der Waals surface area contributed by atoms with Crippen LogP contribution in [0.3, 0.4) is 0 Å². The van der Waals surface area contributed by atoms with Crippen LogP contribution in [0.4, 0.5) is 10.5 Å². The van der Waals surface area contributed by atoms with Gasteiger partial charge in [0.25, 0.3) is 0 Å². The number of rotatable bonds is 2. The second-order valence-corrected chi connectivity index (χ2v) is 5.17. The van der Waals surface area contributed by atoms with Crippen LogP contribution in [0.1, 0.15) is 12.8 Å². The molecule has 5 nitrogen and oxygen atoms in total. The number of halogens is 1. The SMILES string of the molecule is COC(=O)N1CCC(C(=O)Nc2cccc(Cl)c2)CC1. The van der Waals surface area contributed by atoms with Gasteiger partial charge in [0.15, 0.2) is 0 Å². The zero-order valence-electron chi connectivity index (χ0n) is 11.3. The van der Waals surface area contributed by atoms with Gasteiger partial charge in [0.2, 0.25) is 5.91 Å². The van der Waals surface area contributed by atoms with E-state index in [0.717, 1.165) is 0 Å². The lowest BCUT2D eigenvalue weighted by Crippen LogP contribution is -2.41. The van der Waals surface area contributed by atoms with E-state index in [0.29, 0.717) is 36.6 Å². The number of carbonyl (C=O) groups is 2. The van der Waals surface area contributed by atoms with Crippen molar-refractivity contribution in [3.63, 3.8) is 0 Å². The first-order chi connectivity index (χ1) is 9.60. The summed E-state index contributed by atoms with van der Waals surface area (Å²) in [5.41, 5.74) is 0.692. The van der Waals surface area contributed by atoms with Crippen molar-refractivity contribution in [1.29, 1.82) is 0 Å².